The SMILES string of the molecule is CCn1c(CC(O)CC(F)(F)F)nc2ccccc21. The molecule has 0 aliphatic rings. The van der Waals surface area contributed by atoms with E-state index in [4.69, 9.17) is 0 Å². The molecule has 1 heterocycles. The van der Waals surface area contributed by atoms with E-state index in [1.54, 1.807) is 6.07 Å². The number of imidazole rings is 1. The predicted molar refractivity (Wildman–Crippen MR) is 65.8 cm³/mol. The van der Waals surface area contributed by atoms with Gasteiger partial charge in [0.05, 0.1) is 23.6 Å². The molecule has 1 unspecified atom stereocenters. The van der Waals surface area contributed by atoms with Crippen LogP contribution in [0.15, 0.2) is 24.3 Å². The van der Waals surface area contributed by atoms with Gasteiger partial charge in [-0.3, -0.25) is 0 Å². The number of aryl methyl sites for hydroxylation is 1. The van der Waals surface area contributed by atoms with Crippen LogP contribution in [0.5, 0.6) is 0 Å². The molecule has 1 aromatic heterocycles. The van der Waals surface area contributed by atoms with Gasteiger partial charge in [-0.05, 0) is 19.1 Å². The summed E-state index contributed by atoms with van der Waals surface area (Å²) in [5, 5.41) is 9.51. The van der Waals surface area contributed by atoms with Crippen molar-refractivity contribution >= 4 is 11.0 Å². The lowest BCUT2D eigenvalue weighted by Gasteiger charge is -2.13. The number of rotatable bonds is 4. The molecule has 6 heteroatoms. The van der Waals surface area contributed by atoms with Crippen molar-refractivity contribution in [3.05, 3.63) is 30.1 Å². The van der Waals surface area contributed by atoms with Crippen LogP contribution in [0.4, 0.5) is 13.2 Å². The first-order valence-electron chi connectivity index (χ1n) is 6.09. The van der Waals surface area contributed by atoms with E-state index in [1.807, 2.05) is 29.7 Å². The molecule has 1 aromatic carbocycles. The normalized spacial score (nSPS) is 13.9. The summed E-state index contributed by atoms with van der Waals surface area (Å²) in [5.74, 6) is 0.487. The monoisotopic (exact) mass is 272 g/mol. The Balaban J connectivity index is 2.25. The van der Waals surface area contributed by atoms with Gasteiger partial charge < -0.3 is 9.67 Å². The first-order chi connectivity index (χ1) is 8.90. The highest BCUT2D eigenvalue weighted by atomic mass is 19.4. The van der Waals surface area contributed by atoms with E-state index in [2.05, 4.69) is 4.98 Å². The summed E-state index contributed by atoms with van der Waals surface area (Å²) in [6.45, 7) is 2.50. The van der Waals surface area contributed by atoms with E-state index in [0.29, 0.717) is 12.4 Å². The standard InChI is InChI=1S/C13H15F3N2O/c1-2-18-11-6-4-3-5-10(11)17-12(18)7-9(19)8-13(14,15)16/h3-6,9,19H,2,7-8H2,1H3. The Bertz CT molecular complexity index is 563. The van der Waals surface area contributed by atoms with Crippen LogP contribution in [-0.2, 0) is 13.0 Å². The molecule has 2 aromatic rings. The third kappa shape index (κ3) is 3.26. The van der Waals surface area contributed by atoms with E-state index in [0.717, 1.165) is 11.0 Å². The number of aromatic nitrogens is 2. The summed E-state index contributed by atoms with van der Waals surface area (Å²) in [4.78, 5) is 4.29. The molecule has 0 saturated heterocycles. The topological polar surface area (TPSA) is 38.0 Å². The molecule has 0 aliphatic carbocycles. The Morgan fingerprint density at radius 2 is 2.00 bits per heavy atom. The molecule has 0 bridgehead atoms. The lowest BCUT2D eigenvalue weighted by Crippen LogP contribution is -2.22. The molecule has 0 amide bonds. The van der Waals surface area contributed by atoms with Crippen molar-refractivity contribution < 1.29 is 18.3 Å². The zero-order valence-corrected chi connectivity index (χ0v) is 10.5. The lowest BCUT2D eigenvalue weighted by molar-refractivity contribution is -0.153. The Morgan fingerprint density at radius 1 is 1.32 bits per heavy atom. The molecular weight excluding hydrogens is 257 g/mol. The maximum atomic E-state index is 12.2. The number of nitrogens with zero attached hydrogens (tertiary/aromatic N) is 2. The number of fused-ring (bicyclic) bond motifs is 1. The van der Waals surface area contributed by atoms with Crippen molar-refractivity contribution in [3.63, 3.8) is 0 Å². The first kappa shape index (κ1) is 13.9. The number of para-hydroxylation sites is 2. The maximum absolute atomic E-state index is 12.2. The second kappa shape index (κ2) is 5.21. The zero-order valence-electron chi connectivity index (χ0n) is 10.5. The van der Waals surface area contributed by atoms with Gasteiger partial charge in [0.1, 0.15) is 5.82 Å². The number of halogens is 3. The number of hydrogen-bond acceptors (Lipinski definition) is 2. The van der Waals surface area contributed by atoms with Crippen molar-refractivity contribution in [1.29, 1.82) is 0 Å². The summed E-state index contributed by atoms with van der Waals surface area (Å²) in [7, 11) is 0. The Hall–Kier alpha value is -1.56. The van der Waals surface area contributed by atoms with E-state index < -0.39 is 18.7 Å². The molecule has 0 fully saturated rings. The average Bonchev–Trinajstić information content (AvgIpc) is 2.63. The largest absolute Gasteiger partial charge is 0.392 e. The maximum Gasteiger partial charge on any atom is 0.391 e. The minimum atomic E-state index is -4.36. The molecule has 0 aliphatic heterocycles. The smallest absolute Gasteiger partial charge is 0.391 e. The number of benzene rings is 1. The molecule has 19 heavy (non-hydrogen) atoms. The van der Waals surface area contributed by atoms with Gasteiger partial charge in [0.15, 0.2) is 0 Å². The molecular formula is C13H15F3N2O. The second-order valence-electron chi connectivity index (χ2n) is 4.44. The van der Waals surface area contributed by atoms with Gasteiger partial charge >= 0.3 is 6.18 Å². The highest BCUT2D eigenvalue weighted by Crippen LogP contribution is 2.24. The summed E-state index contributed by atoms with van der Waals surface area (Å²) in [5.41, 5.74) is 1.61. The van der Waals surface area contributed by atoms with E-state index in [9.17, 15) is 18.3 Å². The Labute approximate surface area is 108 Å². The minimum Gasteiger partial charge on any atom is -0.392 e. The fraction of sp³-hybridized carbons (Fsp3) is 0.462. The fourth-order valence-electron chi connectivity index (χ4n) is 2.18. The average molecular weight is 272 g/mol. The molecule has 0 spiro atoms. The van der Waals surface area contributed by atoms with E-state index >= 15 is 0 Å². The van der Waals surface area contributed by atoms with Crippen LogP contribution in [0.25, 0.3) is 11.0 Å². The van der Waals surface area contributed by atoms with Crippen LogP contribution in [0.1, 0.15) is 19.2 Å². The van der Waals surface area contributed by atoms with Crippen molar-refractivity contribution in [2.24, 2.45) is 0 Å². The van der Waals surface area contributed by atoms with Crippen LogP contribution >= 0.6 is 0 Å². The summed E-state index contributed by atoms with van der Waals surface area (Å²) >= 11 is 0. The predicted octanol–water partition coefficient (Wildman–Crippen LogP) is 2.91. The zero-order chi connectivity index (χ0) is 14.0. The Morgan fingerprint density at radius 3 is 2.63 bits per heavy atom. The van der Waals surface area contributed by atoms with Gasteiger partial charge in [-0.1, -0.05) is 12.1 Å². The number of hydrogen-bond donors (Lipinski definition) is 1. The molecule has 104 valence electrons. The third-order valence-electron chi connectivity index (χ3n) is 2.94. The molecule has 1 N–H and O–H groups in total. The summed E-state index contributed by atoms with van der Waals surface area (Å²) in [6.07, 6.45) is -7.12. The minimum absolute atomic E-state index is 0.0952. The van der Waals surface area contributed by atoms with Crippen LogP contribution in [0.2, 0.25) is 0 Å². The van der Waals surface area contributed by atoms with Gasteiger partial charge in [-0.2, -0.15) is 13.2 Å². The molecule has 3 nitrogen and oxygen atoms in total. The van der Waals surface area contributed by atoms with Crippen molar-refractivity contribution in [2.75, 3.05) is 0 Å². The molecule has 1 atom stereocenters. The fourth-order valence-corrected chi connectivity index (χ4v) is 2.18. The summed E-state index contributed by atoms with van der Waals surface area (Å²) < 4.78 is 38.5. The van der Waals surface area contributed by atoms with Crippen LogP contribution < -0.4 is 0 Å². The summed E-state index contributed by atoms with van der Waals surface area (Å²) in [6, 6.07) is 7.35. The van der Waals surface area contributed by atoms with Gasteiger partial charge in [0.25, 0.3) is 0 Å². The second-order valence-corrected chi connectivity index (χ2v) is 4.44. The van der Waals surface area contributed by atoms with E-state index in [-0.39, 0.29) is 6.42 Å². The van der Waals surface area contributed by atoms with Crippen LogP contribution in [0, 0.1) is 0 Å². The Kier molecular flexibility index (Phi) is 3.80. The third-order valence-corrected chi connectivity index (χ3v) is 2.94. The van der Waals surface area contributed by atoms with E-state index in [1.165, 1.54) is 0 Å². The van der Waals surface area contributed by atoms with Crippen molar-refractivity contribution in [3.8, 4) is 0 Å². The first-order valence-corrected chi connectivity index (χ1v) is 6.09. The quantitative estimate of drug-likeness (QED) is 0.929. The number of alkyl halides is 3. The van der Waals surface area contributed by atoms with Gasteiger partial charge in [0.2, 0.25) is 0 Å². The van der Waals surface area contributed by atoms with Crippen LogP contribution in [-0.4, -0.2) is 26.9 Å². The van der Waals surface area contributed by atoms with Gasteiger partial charge in [0, 0.05) is 13.0 Å². The highest BCUT2D eigenvalue weighted by molar-refractivity contribution is 5.75. The molecule has 0 saturated carbocycles. The lowest BCUT2D eigenvalue weighted by atomic mass is 10.2. The molecule has 0 radical (unpaired) electrons. The van der Waals surface area contributed by atoms with Gasteiger partial charge in [-0.25, -0.2) is 4.98 Å². The van der Waals surface area contributed by atoms with Crippen molar-refractivity contribution in [2.45, 2.75) is 38.6 Å². The van der Waals surface area contributed by atoms with Gasteiger partial charge in [-0.15, -0.1) is 0 Å². The highest BCUT2D eigenvalue weighted by Gasteiger charge is 2.31. The van der Waals surface area contributed by atoms with Crippen molar-refractivity contribution in [1.82, 2.24) is 9.55 Å². The number of aliphatic hydroxyl groups is 1. The number of aliphatic hydroxyl groups excluding tert-OH is 1. The van der Waals surface area contributed by atoms with Crippen LogP contribution in [0.3, 0.4) is 0 Å². The molecule has 2 rings (SSSR count).